The third-order valence-electron chi connectivity index (χ3n) is 2.22. The Labute approximate surface area is 89.6 Å². The highest BCUT2D eigenvalue weighted by Gasteiger charge is 2.12. The van der Waals surface area contributed by atoms with E-state index in [4.69, 9.17) is 5.73 Å². The maximum atomic E-state index is 11.7. The summed E-state index contributed by atoms with van der Waals surface area (Å²) >= 11 is 0. The Bertz CT molecular complexity index is 321. The Morgan fingerprint density at radius 2 is 2.47 bits per heavy atom. The van der Waals surface area contributed by atoms with Crippen molar-refractivity contribution in [3.8, 4) is 0 Å². The molecule has 5 heteroatoms. The van der Waals surface area contributed by atoms with Gasteiger partial charge in [-0.05, 0) is 6.42 Å². The lowest BCUT2D eigenvalue weighted by Crippen LogP contribution is -2.39. The minimum Gasteiger partial charge on any atom is -0.348 e. The van der Waals surface area contributed by atoms with Gasteiger partial charge in [-0.1, -0.05) is 13.3 Å². The van der Waals surface area contributed by atoms with E-state index in [1.54, 1.807) is 24.1 Å². The Balaban J connectivity index is 2.54. The van der Waals surface area contributed by atoms with Crippen molar-refractivity contribution >= 4 is 5.91 Å². The number of amides is 1. The number of carbonyl (C=O) groups is 1. The van der Waals surface area contributed by atoms with Crippen molar-refractivity contribution < 1.29 is 4.79 Å². The predicted octanol–water partition coefficient (Wildman–Crippen LogP) is 0.277. The van der Waals surface area contributed by atoms with Crippen molar-refractivity contribution in [2.45, 2.75) is 25.8 Å². The molecular formula is C10H18N4O. The maximum absolute atomic E-state index is 11.7. The molecule has 1 aromatic heterocycles. The van der Waals surface area contributed by atoms with Gasteiger partial charge in [0, 0.05) is 25.8 Å². The maximum Gasteiger partial charge on any atom is 0.254 e. The molecule has 1 aromatic rings. The number of rotatable bonds is 5. The number of nitrogens with one attached hydrogen (secondary N) is 1. The minimum absolute atomic E-state index is 0.0581. The van der Waals surface area contributed by atoms with Crippen molar-refractivity contribution in [1.82, 2.24) is 15.1 Å². The molecule has 0 aromatic carbocycles. The number of hydrogen-bond acceptors (Lipinski definition) is 3. The summed E-state index contributed by atoms with van der Waals surface area (Å²) in [6.45, 7) is 2.54. The summed E-state index contributed by atoms with van der Waals surface area (Å²) in [5.74, 6) is -0.105. The van der Waals surface area contributed by atoms with Crippen LogP contribution in [0.1, 0.15) is 30.1 Å². The predicted molar refractivity (Wildman–Crippen MR) is 58.4 cm³/mol. The number of carbonyl (C=O) groups excluding carboxylic acids is 1. The van der Waals surface area contributed by atoms with Gasteiger partial charge in [0.05, 0.1) is 11.8 Å². The van der Waals surface area contributed by atoms with Crippen LogP contribution in [0.25, 0.3) is 0 Å². The topological polar surface area (TPSA) is 72.9 Å². The van der Waals surface area contributed by atoms with Crippen LogP contribution in [-0.4, -0.2) is 28.3 Å². The van der Waals surface area contributed by atoms with Gasteiger partial charge in [0.25, 0.3) is 5.91 Å². The van der Waals surface area contributed by atoms with E-state index in [2.05, 4.69) is 17.3 Å². The van der Waals surface area contributed by atoms with Crippen molar-refractivity contribution in [2.24, 2.45) is 12.8 Å². The first-order chi connectivity index (χ1) is 7.17. The highest BCUT2D eigenvalue weighted by molar-refractivity contribution is 5.93. The van der Waals surface area contributed by atoms with Gasteiger partial charge in [-0.2, -0.15) is 5.10 Å². The molecule has 0 aliphatic heterocycles. The fraction of sp³-hybridized carbons (Fsp3) is 0.600. The molecule has 1 amide bonds. The molecule has 0 radical (unpaired) electrons. The van der Waals surface area contributed by atoms with Crippen LogP contribution in [0.5, 0.6) is 0 Å². The van der Waals surface area contributed by atoms with E-state index in [1.165, 1.54) is 0 Å². The standard InChI is InChI=1S/C10H18N4O/c1-3-4-9(5-11)13-10(15)8-6-12-14(2)7-8/h6-7,9H,3-5,11H2,1-2H3,(H,13,15). The average molecular weight is 210 g/mol. The summed E-state index contributed by atoms with van der Waals surface area (Å²) in [4.78, 5) is 11.7. The number of nitrogens with two attached hydrogens (primary N) is 1. The van der Waals surface area contributed by atoms with E-state index in [0.29, 0.717) is 12.1 Å². The van der Waals surface area contributed by atoms with E-state index < -0.39 is 0 Å². The molecule has 1 heterocycles. The zero-order chi connectivity index (χ0) is 11.3. The van der Waals surface area contributed by atoms with Crippen LogP contribution in [0.3, 0.4) is 0 Å². The highest BCUT2D eigenvalue weighted by atomic mass is 16.1. The van der Waals surface area contributed by atoms with E-state index >= 15 is 0 Å². The van der Waals surface area contributed by atoms with Gasteiger partial charge in [0.15, 0.2) is 0 Å². The average Bonchev–Trinajstić information content (AvgIpc) is 2.64. The van der Waals surface area contributed by atoms with Crippen LogP contribution in [0.4, 0.5) is 0 Å². The van der Waals surface area contributed by atoms with E-state index in [-0.39, 0.29) is 11.9 Å². The molecule has 15 heavy (non-hydrogen) atoms. The summed E-state index contributed by atoms with van der Waals surface area (Å²) in [7, 11) is 1.78. The van der Waals surface area contributed by atoms with Crippen LogP contribution in [-0.2, 0) is 7.05 Å². The third kappa shape index (κ3) is 3.36. The first-order valence-corrected chi connectivity index (χ1v) is 5.17. The SMILES string of the molecule is CCCC(CN)NC(=O)c1cnn(C)c1. The molecule has 0 fully saturated rings. The van der Waals surface area contributed by atoms with Crippen molar-refractivity contribution in [1.29, 1.82) is 0 Å². The summed E-state index contributed by atoms with van der Waals surface area (Å²) in [6.07, 6.45) is 5.15. The fourth-order valence-electron chi connectivity index (χ4n) is 1.40. The first kappa shape index (κ1) is 11.7. The zero-order valence-corrected chi connectivity index (χ0v) is 9.23. The molecule has 0 saturated carbocycles. The lowest BCUT2D eigenvalue weighted by atomic mass is 10.1. The van der Waals surface area contributed by atoms with Crippen LogP contribution in [0, 0.1) is 0 Å². The molecular weight excluding hydrogens is 192 g/mol. The Morgan fingerprint density at radius 1 is 1.73 bits per heavy atom. The van der Waals surface area contributed by atoms with E-state index in [0.717, 1.165) is 12.8 Å². The second-order valence-corrected chi connectivity index (χ2v) is 3.60. The van der Waals surface area contributed by atoms with Crippen LogP contribution in [0.15, 0.2) is 12.4 Å². The number of nitrogens with zero attached hydrogens (tertiary/aromatic N) is 2. The zero-order valence-electron chi connectivity index (χ0n) is 9.23. The van der Waals surface area contributed by atoms with Gasteiger partial charge in [0.1, 0.15) is 0 Å². The molecule has 0 aliphatic carbocycles. The van der Waals surface area contributed by atoms with Crippen LogP contribution in [0.2, 0.25) is 0 Å². The summed E-state index contributed by atoms with van der Waals surface area (Å²) in [5.41, 5.74) is 6.13. The normalized spacial score (nSPS) is 12.5. The summed E-state index contributed by atoms with van der Waals surface area (Å²) in [6, 6.07) is 0.0581. The minimum atomic E-state index is -0.105. The van der Waals surface area contributed by atoms with E-state index in [1.807, 2.05) is 0 Å². The quantitative estimate of drug-likeness (QED) is 0.733. The number of aryl methyl sites for hydroxylation is 1. The van der Waals surface area contributed by atoms with Crippen molar-refractivity contribution in [3.63, 3.8) is 0 Å². The smallest absolute Gasteiger partial charge is 0.254 e. The highest BCUT2D eigenvalue weighted by Crippen LogP contribution is 1.99. The van der Waals surface area contributed by atoms with Gasteiger partial charge in [-0.25, -0.2) is 0 Å². The van der Waals surface area contributed by atoms with Gasteiger partial charge in [-0.15, -0.1) is 0 Å². The van der Waals surface area contributed by atoms with Crippen LogP contribution < -0.4 is 11.1 Å². The lowest BCUT2D eigenvalue weighted by molar-refractivity contribution is 0.0936. The van der Waals surface area contributed by atoms with Crippen LogP contribution >= 0.6 is 0 Å². The lowest BCUT2D eigenvalue weighted by Gasteiger charge is -2.14. The molecule has 0 spiro atoms. The van der Waals surface area contributed by atoms with E-state index in [9.17, 15) is 4.79 Å². The van der Waals surface area contributed by atoms with Gasteiger partial charge >= 0.3 is 0 Å². The molecule has 0 saturated heterocycles. The molecule has 1 rings (SSSR count). The number of hydrogen-bond donors (Lipinski definition) is 2. The largest absolute Gasteiger partial charge is 0.348 e. The molecule has 1 atom stereocenters. The van der Waals surface area contributed by atoms with Gasteiger partial charge in [-0.3, -0.25) is 9.48 Å². The first-order valence-electron chi connectivity index (χ1n) is 5.17. The second-order valence-electron chi connectivity index (χ2n) is 3.60. The van der Waals surface area contributed by atoms with Gasteiger partial charge < -0.3 is 11.1 Å². The third-order valence-corrected chi connectivity index (χ3v) is 2.22. The number of aromatic nitrogens is 2. The fourth-order valence-corrected chi connectivity index (χ4v) is 1.40. The summed E-state index contributed by atoms with van der Waals surface area (Å²) < 4.78 is 1.60. The van der Waals surface area contributed by atoms with Crippen molar-refractivity contribution in [3.05, 3.63) is 18.0 Å². The molecule has 5 nitrogen and oxygen atoms in total. The van der Waals surface area contributed by atoms with Crippen molar-refractivity contribution in [2.75, 3.05) is 6.54 Å². The second kappa shape index (κ2) is 5.50. The Hall–Kier alpha value is -1.36. The molecule has 3 N–H and O–H groups in total. The molecule has 1 unspecified atom stereocenters. The molecule has 0 bridgehead atoms. The molecule has 84 valence electrons. The Morgan fingerprint density at radius 3 is 2.93 bits per heavy atom. The van der Waals surface area contributed by atoms with Gasteiger partial charge in [0.2, 0.25) is 0 Å². The monoisotopic (exact) mass is 210 g/mol. The summed E-state index contributed by atoms with van der Waals surface area (Å²) in [5, 5.41) is 6.82. The molecule has 0 aliphatic rings. The Kier molecular flexibility index (Phi) is 4.30.